The van der Waals surface area contributed by atoms with Gasteiger partial charge in [0.1, 0.15) is 0 Å². The Balaban J connectivity index is 2.13. The van der Waals surface area contributed by atoms with Gasteiger partial charge in [-0.2, -0.15) is 0 Å². The Kier molecular flexibility index (Phi) is 4.91. The van der Waals surface area contributed by atoms with Crippen molar-refractivity contribution in [3.05, 3.63) is 47.7 Å². The number of fused-ring (bicyclic) bond motifs is 1. The number of hydrogen-bond acceptors (Lipinski definition) is 5. The highest BCUT2D eigenvalue weighted by Gasteiger charge is 2.22. The molecule has 0 spiro atoms. The van der Waals surface area contributed by atoms with Crippen LogP contribution in [0.25, 0.3) is 10.8 Å². The topological polar surface area (TPSA) is 75.4 Å². The normalized spacial score (nSPS) is 11.7. The molecule has 1 aromatic heterocycles. The minimum atomic E-state index is -3.81. The Hall–Kier alpha value is -2.54. The second-order valence-corrected chi connectivity index (χ2v) is 7.78. The molecule has 1 N–H and O–H groups in total. The van der Waals surface area contributed by atoms with Gasteiger partial charge in [-0.15, -0.1) is 0 Å². The van der Waals surface area contributed by atoms with Crippen molar-refractivity contribution in [2.75, 3.05) is 22.7 Å². The highest BCUT2D eigenvalue weighted by atomic mass is 32.2. The zero-order valence-corrected chi connectivity index (χ0v) is 16.2. The quantitative estimate of drug-likeness (QED) is 0.704. The molecule has 2 aromatic carbocycles. The average Bonchev–Trinajstić information content (AvgIpc) is 2.94. The van der Waals surface area contributed by atoms with Crippen LogP contribution in [0.4, 0.5) is 11.6 Å². The van der Waals surface area contributed by atoms with Gasteiger partial charge in [0.05, 0.1) is 10.6 Å². The molecule has 0 saturated heterocycles. The van der Waals surface area contributed by atoms with Gasteiger partial charge in [-0.1, -0.05) is 29.4 Å². The largest absolute Gasteiger partial charge is 0.372 e. The van der Waals surface area contributed by atoms with Crippen molar-refractivity contribution in [2.24, 2.45) is 0 Å². The van der Waals surface area contributed by atoms with Crippen LogP contribution in [-0.4, -0.2) is 26.7 Å². The van der Waals surface area contributed by atoms with E-state index in [1.54, 1.807) is 26.0 Å². The van der Waals surface area contributed by atoms with Gasteiger partial charge in [0.2, 0.25) is 5.88 Å². The summed E-state index contributed by atoms with van der Waals surface area (Å²) in [5.74, 6) is 0.152. The molecule has 0 aliphatic heterocycles. The van der Waals surface area contributed by atoms with E-state index in [1.165, 1.54) is 0 Å². The van der Waals surface area contributed by atoms with Gasteiger partial charge in [0.25, 0.3) is 10.0 Å². The molecular formula is C19H23N3O3S. The average molecular weight is 373 g/mol. The molecule has 3 rings (SSSR count). The monoisotopic (exact) mass is 373 g/mol. The maximum atomic E-state index is 13.0. The SMILES string of the molecule is CCN(CC)c1cccc2c(S(=O)(=O)Nc3onc(C)c3C)cccc12. The Morgan fingerprint density at radius 1 is 1.04 bits per heavy atom. The van der Waals surface area contributed by atoms with Crippen molar-refractivity contribution in [3.63, 3.8) is 0 Å². The molecule has 1 heterocycles. The van der Waals surface area contributed by atoms with E-state index in [1.807, 2.05) is 24.3 Å². The molecule has 6 nitrogen and oxygen atoms in total. The minimum absolute atomic E-state index is 0.152. The molecule has 0 amide bonds. The van der Waals surface area contributed by atoms with Crippen LogP contribution in [0.3, 0.4) is 0 Å². The highest BCUT2D eigenvalue weighted by molar-refractivity contribution is 7.93. The summed E-state index contributed by atoms with van der Waals surface area (Å²) in [6, 6.07) is 11.1. The fourth-order valence-electron chi connectivity index (χ4n) is 3.03. The zero-order valence-electron chi connectivity index (χ0n) is 15.4. The van der Waals surface area contributed by atoms with Crippen LogP contribution >= 0.6 is 0 Å². The lowest BCUT2D eigenvalue weighted by atomic mass is 10.1. The lowest BCUT2D eigenvalue weighted by Crippen LogP contribution is -2.22. The Bertz CT molecular complexity index is 1040. The maximum Gasteiger partial charge on any atom is 0.264 e. The number of anilines is 2. The molecule has 0 saturated carbocycles. The third-order valence-electron chi connectivity index (χ3n) is 4.64. The number of aromatic nitrogens is 1. The Morgan fingerprint density at radius 2 is 1.69 bits per heavy atom. The van der Waals surface area contributed by atoms with Gasteiger partial charge in [-0.3, -0.25) is 0 Å². The third-order valence-corrected chi connectivity index (χ3v) is 6.03. The number of nitrogens with zero attached hydrogens (tertiary/aromatic N) is 2. The fourth-order valence-corrected chi connectivity index (χ4v) is 4.30. The summed E-state index contributed by atoms with van der Waals surface area (Å²) in [6.07, 6.45) is 0. The van der Waals surface area contributed by atoms with Crippen molar-refractivity contribution in [1.29, 1.82) is 0 Å². The minimum Gasteiger partial charge on any atom is -0.372 e. The Labute approximate surface area is 153 Å². The van der Waals surface area contributed by atoms with Gasteiger partial charge in [-0.05, 0) is 39.8 Å². The van der Waals surface area contributed by atoms with E-state index in [0.717, 1.165) is 24.2 Å². The molecule has 0 unspecified atom stereocenters. The zero-order chi connectivity index (χ0) is 18.9. The molecule has 0 aliphatic rings. The smallest absolute Gasteiger partial charge is 0.264 e. The summed E-state index contributed by atoms with van der Waals surface area (Å²) in [4.78, 5) is 2.42. The van der Waals surface area contributed by atoms with Crippen LogP contribution in [0, 0.1) is 13.8 Å². The summed E-state index contributed by atoms with van der Waals surface area (Å²) < 4.78 is 33.6. The summed E-state index contributed by atoms with van der Waals surface area (Å²) in [7, 11) is -3.81. The van der Waals surface area contributed by atoms with Crippen LogP contribution in [0.2, 0.25) is 0 Å². The van der Waals surface area contributed by atoms with Crippen LogP contribution < -0.4 is 9.62 Å². The number of benzene rings is 2. The van der Waals surface area contributed by atoms with Crippen molar-refractivity contribution in [3.8, 4) is 0 Å². The molecule has 138 valence electrons. The van der Waals surface area contributed by atoms with Crippen LogP contribution in [0.5, 0.6) is 0 Å². The van der Waals surface area contributed by atoms with E-state index in [-0.39, 0.29) is 10.8 Å². The van der Waals surface area contributed by atoms with Crippen molar-refractivity contribution >= 4 is 32.4 Å². The predicted octanol–water partition coefficient (Wildman–Crippen LogP) is 4.09. The second-order valence-electron chi connectivity index (χ2n) is 6.13. The molecule has 0 bridgehead atoms. The molecule has 3 aromatic rings. The third kappa shape index (κ3) is 3.14. The summed E-state index contributed by atoms with van der Waals surface area (Å²) in [5.41, 5.74) is 2.36. The maximum absolute atomic E-state index is 13.0. The lowest BCUT2D eigenvalue weighted by molar-refractivity contribution is 0.430. The lowest BCUT2D eigenvalue weighted by Gasteiger charge is -2.23. The van der Waals surface area contributed by atoms with Crippen molar-refractivity contribution in [2.45, 2.75) is 32.6 Å². The first kappa shape index (κ1) is 18.3. The van der Waals surface area contributed by atoms with Crippen LogP contribution in [0.15, 0.2) is 45.8 Å². The van der Waals surface area contributed by atoms with E-state index in [4.69, 9.17) is 4.52 Å². The number of nitrogens with one attached hydrogen (secondary N) is 1. The molecule has 7 heteroatoms. The standard InChI is InChI=1S/C19H23N3O3S/c1-5-22(6-2)17-11-7-10-16-15(17)9-8-12-18(16)26(23,24)21-19-13(3)14(4)20-25-19/h7-12,21H,5-6H2,1-4H3. The van der Waals surface area contributed by atoms with E-state index >= 15 is 0 Å². The summed E-state index contributed by atoms with van der Waals surface area (Å²) >= 11 is 0. The van der Waals surface area contributed by atoms with Gasteiger partial charge >= 0.3 is 0 Å². The molecule has 0 aliphatic carbocycles. The first-order chi connectivity index (χ1) is 12.4. The number of hydrogen-bond donors (Lipinski definition) is 1. The number of aryl methyl sites for hydroxylation is 1. The Morgan fingerprint density at radius 3 is 2.31 bits per heavy atom. The van der Waals surface area contributed by atoms with Gasteiger partial charge in [-0.25, -0.2) is 13.1 Å². The van der Waals surface area contributed by atoms with Crippen molar-refractivity contribution in [1.82, 2.24) is 5.16 Å². The highest BCUT2D eigenvalue weighted by Crippen LogP contribution is 2.32. The summed E-state index contributed by atoms with van der Waals surface area (Å²) in [5, 5.41) is 5.39. The van der Waals surface area contributed by atoms with E-state index in [2.05, 4.69) is 28.6 Å². The van der Waals surface area contributed by atoms with Gasteiger partial charge in [0, 0.05) is 35.1 Å². The molecule has 0 fully saturated rings. The molecule has 0 atom stereocenters. The molecular weight excluding hydrogens is 350 g/mol. The number of sulfonamides is 1. The van der Waals surface area contributed by atoms with E-state index < -0.39 is 10.0 Å². The van der Waals surface area contributed by atoms with Crippen molar-refractivity contribution < 1.29 is 12.9 Å². The first-order valence-electron chi connectivity index (χ1n) is 8.61. The second kappa shape index (κ2) is 6.99. The molecule has 0 radical (unpaired) electrons. The summed E-state index contributed by atoms with van der Waals surface area (Å²) in [6.45, 7) is 9.40. The first-order valence-corrected chi connectivity index (χ1v) is 10.1. The van der Waals surface area contributed by atoms with E-state index in [9.17, 15) is 8.42 Å². The fraction of sp³-hybridized carbons (Fsp3) is 0.316. The van der Waals surface area contributed by atoms with E-state index in [0.29, 0.717) is 16.6 Å². The van der Waals surface area contributed by atoms with Gasteiger partial charge < -0.3 is 9.42 Å². The molecule has 26 heavy (non-hydrogen) atoms. The predicted molar refractivity (Wildman–Crippen MR) is 104 cm³/mol. The van der Waals surface area contributed by atoms with Crippen LogP contribution in [0.1, 0.15) is 25.1 Å². The van der Waals surface area contributed by atoms with Crippen LogP contribution in [-0.2, 0) is 10.0 Å². The number of rotatable bonds is 6. The van der Waals surface area contributed by atoms with Gasteiger partial charge in [0.15, 0.2) is 0 Å².